The molecule has 0 aliphatic heterocycles. The largest absolute Gasteiger partial charge is 0.355 e. The van der Waals surface area contributed by atoms with Crippen LogP contribution < -0.4 is 5.32 Å². The number of aryl methyl sites for hydroxylation is 1. The molecular weight excluding hydrogens is 439 g/mol. The molecule has 162 valence electrons. The Kier molecular flexibility index (Phi) is 10.0. The third-order valence-corrected chi connectivity index (χ3v) is 6.39. The predicted octanol–water partition coefficient (Wildman–Crippen LogP) is 5.48. The van der Waals surface area contributed by atoms with Crippen LogP contribution in [-0.4, -0.2) is 35.1 Å². The average molecular weight is 467 g/mol. The minimum Gasteiger partial charge on any atom is -0.355 e. The molecule has 2 amide bonds. The lowest BCUT2D eigenvalue weighted by atomic mass is 10.1. The third-order valence-electron chi connectivity index (χ3n) is 4.84. The molecule has 1 atom stereocenters. The Morgan fingerprint density at radius 2 is 1.83 bits per heavy atom. The van der Waals surface area contributed by atoms with E-state index < -0.39 is 6.04 Å². The molecule has 0 spiro atoms. The maximum Gasteiger partial charge on any atom is 0.242 e. The van der Waals surface area contributed by atoms with Crippen molar-refractivity contribution in [2.75, 3.05) is 12.3 Å². The first-order valence-electron chi connectivity index (χ1n) is 10.0. The molecule has 0 aromatic heterocycles. The van der Waals surface area contributed by atoms with Gasteiger partial charge in [0.15, 0.2) is 0 Å². The summed E-state index contributed by atoms with van der Waals surface area (Å²) in [6, 6.07) is 12.8. The van der Waals surface area contributed by atoms with E-state index in [-0.39, 0.29) is 24.1 Å². The van der Waals surface area contributed by atoms with Crippen molar-refractivity contribution in [2.24, 2.45) is 0 Å². The van der Waals surface area contributed by atoms with Gasteiger partial charge >= 0.3 is 0 Å². The molecule has 4 nitrogen and oxygen atoms in total. The number of hydrogen-bond donors (Lipinski definition) is 1. The lowest BCUT2D eigenvalue weighted by Crippen LogP contribution is -2.49. The standard InChI is InChI=1S/C23H28Cl2N2O2S/c1-4-21(23(29)26-5-2)27(13-17-10-11-19(24)12-20(17)25)22(28)15-30-14-18-9-7-6-8-16(18)3/h6-12,21H,4-5,13-15H2,1-3H3,(H,26,29)/t21-/m0/s1. The Morgan fingerprint density at radius 3 is 2.47 bits per heavy atom. The number of benzene rings is 2. The summed E-state index contributed by atoms with van der Waals surface area (Å²) >= 11 is 13.9. The molecule has 2 aromatic carbocycles. The molecular formula is C23H28Cl2N2O2S. The van der Waals surface area contributed by atoms with Gasteiger partial charge in [-0.1, -0.05) is 60.5 Å². The fraction of sp³-hybridized carbons (Fsp3) is 0.391. The molecule has 0 bridgehead atoms. The van der Waals surface area contributed by atoms with Gasteiger partial charge in [0.05, 0.1) is 5.75 Å². The van der Waals surface area contributed by atoms with Gasteiger partial charge in [-0.25, -0.2) is 0 Å². The first-order valence-corrected chi connectivity index (χ1v) is 11.9. The van der Waals surface area contributed by atoms with Crippen molar-refractivity contribution >= 4 is 46.8 Å². The maximum atomic E-state index is 13.2. The van der Waals surface area contributed by atoms with E-state index in [4.69, 9.17) is 23.2 Å². The van der Waals surface area contributed by atoms with E-state index in [2.05, 4.69) is 24.4 Å². The zero-order chi connectivity index (χ0) is 22.1. The summed E-state index contributed by atoms with van der Waals surface area (Å²) in [5.41, 5.74) is 3.18. The maximum absolute atomic E-state index is 13.2. The van der Waals surface area contributed by atoms with Gasteiger partial charge in [-0.3, -0.25) is 9.59 Å². The molecule has 2 aromatic rings. The van der Waals surface area contributed by atoms with Gasteiger partial charge in [0.1, 0.15) is 6.04 Å². The SMILES string of the molecule is CCNC(=O)[C@H](CC)N(Cc1ccc(Cl)cc1Cl)C(=O)CSCc1ccccc1C. The molecule has 0 saturated heterocycles. The van der Waals surface area contributed by atoms with Crippen molar-refractivity contribution in [3.05, 3.63) is 69.2 Å². The summed E-state index contributed by atoms with van der Waals surface area (Å²) in [7, 11) is 0. The Morgan fingerprint density at radius 1 is 1.10 bits per heavy atom. The highest BCUT2D eigenvalue weighted by Crippen LogP contribution is 2.24. The van der Waals surface area contributed by atoms with Crippen LogP contribution >= 0.6 is 35.0 Å². The van der Waals surface area contributed by atoms with Crippen LogP contribution in [0.2, 0.25) is 10.0 Å². The van der Waals surface area contributed by atoms with Crippen molar-refractivity contribution in [1.29, 1.82) is 0 Å². The Labute approximate surface area is 193 Å². The lowest BCUT2D eigenvalue weighted by molar-refractivity contribution is -0.139. The number of rotatable bonds is 10. The second-order valence-electron chi connectivity index (χ2n) is 7.00. The summed E-state index contributed by atoms with van der Waals surface area (Å²) < 4.78 is 0. The Balaban J connectivity index is 2.17. The molecule has 0 saturated carbocycles. The quantitative estimate of drug-likeness (QED) is 0.504. The predicted molar refractivity (Wildman–Crippen MR) is 127 cm³/mol. The van der Waals surface area contributed by atoms with Crippen LogP contribution in [0.15, 0.2) is 42.5 Å². The zero-order valence-corrected chi connectivity index (χ0v) is 19.9. The van der Waals surface area contributed by atoms with Gasteiger partial charge < -0.3 is 10.2 Å². The average Bonchev–Trinajstić information content (AvgIpc) is 2.71. The smallest absolute Gasteiger partial charge is 0.242 e. The number of carbonyl (C=O) groups excluding carboxylic acids is 2. The van der Waals surface area contributed by atoms with E-state index in [1.54, 1.807) is 34.9 Å². The Bertz CT molecular complexity index is 876. The topological polar surface area (TPSA) is 49.4 Å². The second kappa shape index (κ2) is 12.2. The van der Waals surface area contributed by atoms with Crippen molar-refractivity contribution in [1.82, 2.24) is 10.2 Å². The molecule has 7 heteroatoms. The van der Waals surface area contributed by atoms with Gasteiger partial charge in [0.2, 0.25) is 11.8 Å². The molecule has 2 rings (SSSR count). The second-order valence-corrected chi connectivity index (χ2v) is 8.82. The summed E-state index contributed by atoms with van der Waals surface area (Å²) in [5, 5.41) is 3.86. The number of nitrogens with one attached hydrogen (secondary N) is 1. The van der Waals surface area contributed by atoms with Gasteiger partial charge in [0, 0.05) is 28.9 Å². The fourth-order valence-corrected chi connectivity index (χ4v) is 4.60. The van der Waals surface area contributed by atoms with E-state index >= 15 is 0 Å². The van der Waals surface area contributed by atoms with E-state index in [0.717, 1.165) is 11.3 Å². The van der Waals surface area contributed by atoms with Crippen molar-refractivity contribution in [2.45, 2.75) is 45.5 Å². The van der Waals surface area contributed by atoms with Crippen LogP contribution in [-0.2, 0) is 21.9 Å². The van der Waals surface area contributed by atoms with Gasteiger partial charge in [-0.05, 0) is 49.1 Å². The van der Waals surface area contributed by atoms with Gasteiger partial charge in [-0.2, -0.15) is 0 Å². The number of hydrogen-bond acceptors (Lipinski definition) is 3. The van der Waals surface area contributed by atoms with Crippen molar-refractivity contribution in [3.8, 4) is 0 Å². The third kappa shape index (κ3) is 6.93. The van der Waals surface area contributed by atoms with Crippen LogP contribution in [0.25, 0.3) is 0 Å². The van der Waals surface area contributed by atoms with Crippen LogP contribution in [0, 0.1) is 6.92 Å². The Hall–Kier alpha value is -1.69. The van der Waals surface area contributed by atoms with Crippen LogP contribution in [0.3, 0.4) is 0 Å². The number of likely N-dealkylation sites (N-methyl/N-ethyl adjacent to an activating group) is 1. The summed E-state index contributed by atoms with van der Waals surface area (Å²) in [5.74, 6) is 0.793. The van der Waals surface area contributed by atoms with E-state index in [1.807, 2.05) is 26.0 Å². The minimum atomic E-state index is -0.553. The molecule has 0 aliphatic rings. The molecule has 0 radical (unpaired) electrons. The summed E-state index contributed by atoms with van der Waals surface area (Å²) in [6.45, 7) is 6.61. The van der Waals surface area contributed by atoms with Crippen molar-refractivity contribution < 1.29 is 9.59 Å². The number of thioether (sulfide) groups is 1. The fourth-order valence-electron chi connectivity index (χ4n) is 3.15. The highest BCUT2D eigenvalue weighted by Gasteiger charge is 2.28. The molecule has 0 unspecified atom stereocenters. The minimum absolute atomic E-state index is 0.0855. The van der Waals surface area contributed by atoms with Crippen LogP contribution in [0.1, 0.15) is 37.0 Å². The van der Waals surface area contributed by atoms with Crippen LogP contribution in [0.4, 0.5) is 0 Å². The summed E-state index contributed by atoms with van der Waals surface area (Å²) in [6.07, 6.45) is 0.519. The highest BCUT2D eigenvalue weighted by molar-refractivity contribution is 7.99. The van der Waals surface area contributed by atoms with Crippen LogP contribution in [0.5, 0.6) is 0 Å². The molecule has 1 N–H and O–H groups in total. The number of carbonyl (C=O) groups is 2. The molecule has 0 heterocycles. The number of halogens is 2. The van der Waals surface area contributed by atoms with Gasteiger partial charge in [-0.15, -0.1) is 11.8 Å². The highest BCUT2D eigenvalue weighted by atomic mass is 35.5. The number of nitrogens with zero attached hydrogens (tertiary/aromatic N) is 1. The molecule has 30 heavy (non-hydrogen) atoms. The first-order chi connectivity index (χ1) is 14.4. The number of amides is 2. The first kappa shape index (κ1) is 24.6. The van der Waals surface area contributed by atoms with E-state index in [9.17, 15) is 9.59 Å². The molecule has 0 aliphatic carbocycles. The normalized spacial score (nSPS) is 11.8. The zero-order valence-electron chi connectivity index (χ0n) is 17.6. The summed E-state index contributed by atoms with van der Waals surface area (Å²) in [4.78, 5) is 27.4. The molecule has 0 fully saturated rings. The van der Waals surface area contributed by atoms with E-state index in [0.29, 0.717) is 23.0 Å². The lowest BCUT2D eigenvalue weighted by Gasteiger charge is -2.30. The monoisotopic (exact) mass is 466 g/mol. The van der Waals surface area contributed by atoms with E-state index in [1.165, 1.54) is 11.1 Å². The van der Waals surface area contributed by atoms with Gasteiger partial charge in [0.25, 0.3) is 0 Å². The van der Waals surface area contributed by atoms with Crippen molar-refractivity contribution in [3.63, 3.8) is 0 Å².